The van der Waals surface area contributed by atoms with E-state index in [4.69, 9.17) is 20.3 Å². The monoisotopic (exact) mass is 496 g/mol. The van der Waals surface area contributed by atoms with E-state index < -0.39 is 11.1 Å². The predicted molar refractivity (Wildman–Crippen MR) is 136 cm³/mol. The summed E-state index contributed by atoms with van der Waals surface area (Å²) >= 11 is 0. The number of pyridine rings is 1. The molecule has 4 N–H and O–H groups in total. The molecule has 1 heterocycles. The summed E-state index contributed by atoms with van der Waals surface area (Å²) in [5, 5.41) is 20.4. The molecule has 1 unspecified atom stereocenters. The summed E-state index contributed by atoms with van der Waals surface area (Å²) in [5.41, 5.74) is 6.95. The Morgan fingerprint density at radius 2 is 1.75 bits per heavy atom. The Hall–Kier alpha value is -3.33. The molecule has 0 fully saturated rings. The third-order valence-electron chi connectivity index (χ3n) is 5.93. The van der Waals surface area contributed by atoms with Crippen molar-refractivity contribution in [2.24, 2.45) is 5.73 Å². The van der Waals surface area contributed by atoms with Crippen molar-refractivity contribution >= 4 is 5.78 Å². The average molecular weight is 497 g/mol. The van der Waals surface area contributed by atoms with Crippen LogP contribution in [-0.2, 0) is 11.1 Å². The van der Waals surface area contributed by atoms with E-state index in [0.717, 1.165) is 5.56 Å². The quantitative estimate of drug-likeness (QED) is 0.339. The summed E-state index contributed by atoms with van der Waals surface area (Å²) < 4.78 is 24.2. The van der Waals surface area contributed by atoms with Crippen molar-refractivity contribution in [3.05, 3.63) is 77.2 Å². The van der Waals surface area contributed by atoms with Gasteiger partial charge in [-0.25, -0.2) is 9.37 Å². The zero-order valence-electron chi connectivity index (χ0n) is 21.0. The summed E-state index contributed by atoms with van der Waals surface area (Å²) in [6.45, 7) is 5.19. The molecule has 0 spiro atoms. The van der Waals surface area contributed by atoms with Gasteiger partial charge in [-0.2, -0.15) is 0 Å². The average Bonchev–Trinajstić information content (AvgIpc) is 2.85. The number of nitrogens with two attached hydrogens (primary N) is 1. The minimum atomic E-state index is -1.44. The second-order valence-electron chi connectivity index (χ2n) is 9.49. The molecule has 0 aliphatic rings. The van der Waals surface area contributed by atoms with Crippen LogP contribution in [0.5, 0.6) is 11.5 Å². The van der Waals surface area contributed by atoms with Crippen LogP contribution in [-0.4, -0.2) is 41.3 Å². The molecule has 192 valence electrons. The smallest absolute Gasteiger partial charge is 0.163 e. The number of ether oxygens (including phenoxy) is 2. The lowest BCUT2D eigenvalue weighted by molar-refractivity contribution is 0.0396. The van der Waals surface area contributed by atoms with Crippen LogP contribution in [0.2, 0.25) is 0 Å². The predicted octanol–water partition coefficient (Wildman–Crippen LogP) is 4.33. The molecular formula is C28H33FN2O5. The van der Waals surface area contributed by atoms with E-state index in [1.807, 2.05) is 19.9 Å². The minimum absolute atomic E-state index is 0.0442. The topological polar surface area (TPSA) is 115 Å². The number of methoxy groups -OCH3 is 1. The van der Waals surface area contributed by atoms with E-state index in [1.165, 1.54) is 19.2 Å². The number of ketones is 1. The lowest BCUT2D eigenvalue weighted by Gasteiger charge is -2.27. The maximum absolute atomic E-state index is 13.4. The van der Waals surface area contributed by atoms with Gasteiger partial charge in [-0.05, 0) is 87.4 Å². The van der Waals surface area contributed by atoms with Gasteiger partial charge in [-0.15, -0.1) is 0 Å². The number of aliphatic hydroxyl groups is 2. The van der Waals surface area contributed by atoms with E-state index in [-0.39, 0.29) is 37.7 Å². The van der Waals surface area contributed by atoms with Crippen LogP contribution < -0.4 is 15.2 Å². The largest absolute Gasteiger partial charge is 0.493 e. The Morgan fingerprint density at radius 3 is 2.36 bits per heavy atom. The van der Waals surface area contributed by atoms with Crippen LogP contribution in [0.25, 0.3) is 11.3 Å². The number of halogens is 1. The fraction of sp³-hybridized carbons (Fsp3) is 0.357. The zero-order chi connectivity index (χ0) is 26.5. The third-order valence-corrected chi connectivity index (χ3v) is 5.93. The van der Waals surface area contributed by atoms with Crippen LogP contribution in [0.1, 0.15) is 55.2 Å². The van der Waals surface area contributed by atoms with Gasteiger partial charge in [0.1, 0.15) is 18.0 Å². The summed E-state index contributed by atoms with van der Waals surface area (Å²) in [6.07, 6.45) is 0.150. The van der Waals surface area contributed by atoms with Gasteiger partial charge in [0.05, 0.1) is 25.1 Å². The SMILES string of the molecule is COc1ccc(C(=O)CCC(C)(O)c2cc(C(C)(C)N)cc(-c3ccc(F)cc3)n2)cc1OCCO. The van der Waals surface area contributed by atoms with Crippen molar-refractivity contribution in [1.29, 1.82) is 0 Å². The Bertz CT molecular complexity index is 1200. The molecule has 8 heteroatoms. The highest BCUT2D eigenvalue weighted by Crippen LogP contribution is 2.33. The van der Waals surface area contributed by atoms with Crippen molar-refractivity contribution in [2.45, 2.75) is 44.8 Å². The van der Waals surface area contributed by atoms with E-state index in [1.54, 1.807) is 43.3 Å². The number of Topliss-reactive ketones (excluding diaryl/α,β-unsaturated/α-hetero) is 1. The van der Waals surface area contributed by atoms with Gasteiger partial charge in [0.25, 0.3) is 0 Å². The summed E-state index contributed by atoms with van der Waals surface area (Å²) in [6, 6.07) is 14.3. The molecular weight excluding hydrogens is 463 g/mol. The molecule has 0 aliphatic carbocycles. The molecule has 36 heavy (non-hydrogen) atoms. The molecule has 2 aromatic carbocycles. The van der Waals surface area contributed by atoms with Crippen LogP contribution in [0.4, 0.5) is 4.39 Å². The van der Waals surface area contributed by atoms with E-state index in [0.29, 0.717) is 34.0 Å². The van der Waals surface area contributed by atoms with Crippen molar-refractivity contribution in [2.75, 3.05) is 20.3 Å². The molecule has 0 saturated carbocycles. The van der Waals surface area contributed by atoms with Gasteiger partial charge in [0.2, 0.25) is 0 Å². The highest BCUT2D eigenvalue weighted by molar-refractivity contribution is 5.96. The standard InChI is InChI=1S/C28H33FN2O5/c1-27(2,30)20-16-22(18-5-8-21(29)9-6-18)31-26(17-20)28(3,34)12-11-23(33)19-7-10-24(35-4)25(15-19)36-14-13-32/h5-10,15-17,32,34H,11-14,30H2,1-4H3. The fourth-order valence-electron chi connectivity index (χ4n) is 3.69. The number of aliphatic hydroxyl groups excluding tert-OH is 1. The van der Waals surface area contributed by atoms with E-state index in [9.17, 15) is 14.3 Å². The lowest BCUT2D eigenvalue weighted by Crippen LogP contribution is -2.31. The highest BCUT2D eigenvalue weighted by Gasteiger charge is 2.29. The number of benzene rings is 2. The minimum Gasteiger partial charge on any atom is -0.493 e. The first-order valence-electron chi connectivity index (χ1n) is 11.7. The van der Waals surface area contributed by atoms with Crippen LogP contribution in [0.3, 0.4) is 0 Å². The summed E-state index contributed by atoms with van der Waals surface area (Å²) in [4.78, 5) is 17.6. The van der Waals surface area contributed by atoms with Gasteiger partial charge in [-0.1, -0.05) is 0 Å². The number of hydrogen-bond acceptors (Lipinski definition) is 7. The van der Waals surface area contributed by atoms with Gasteiger partial charge in [-0.3, -0.25) is 4.79 Å². The van der Waals surface area contributed by atoms with Crippen LogP contribution in [0, 0.1) is 5.82 Å². The molecule has 0 radical (unpaired) electrons. The molecule has 1 atom stereocenters. The first-order valence-corrected chi connectivity index (χ1v) is 11.7. The summed E-state index contributed by atoms with van der Waals surface area (Å²) in [7, 11) is 1.49. The van der Waals surface area contributed by atoms with Crippen molar-refractivity contribution in [1.82, 2.24) is 4.98 Å². The third kappa shape index (κ3) is 6.66. The lowest BCUT2D eigenvalue weighted by atomic mass is 9.88. The van der Waals surface area contributed by atoms with Crippen LogP contribution in [0.15, 0.2) is 54.6 Å². The van der Waals surface area contributed by atoms with Crippen molar-refractivity contribution < 1.29 is 28.9 Å². The van der Waals surface area contributed by atoms with Gasteiger partial charge >= 0.3 is 0 Å². The second-order valence-corrected chi connectivity index (χ2v) is 9.49. The Labute approximate surface area is 210 Å². The van der Waals surface area contributed by atoms with Crippen LogP contribution >= 0.6 is 0 Å². The molecule has 0 bridgehead atoms. The molecule has 0 aliphatic heterocycles. The summed E-state index contributed by atoms with van der Waals surface area (Å²) in [5.74, 6) is 0.252. The number of nitrogens with zero attached hydrogens (tertiary/aromatic N) is 1. The van der Waals surface area contributed by atoms with Gasteiger partial charge in [0.15, 0.2) is 17.3 Å². The number of rotatable bonds is 11. The Kier molecular flexibility index (Phi) is 8.45. The first-order chi connectivity index (χ1) is 16.9. The number of hydrogen-bond donors (Lipinski definition) is 3. The van der Waals surface area contributed by atoms with Gasteiger partial charge < -0.3 is 25.4 Å². The number of carbonyl (C=O) groups excluding carboxylic acids is 1. The van der Waals surface area contributed by atoms with Crippen molar-refractivity contribution in [3.8, 4) is 22.8 Å². The maximum Gasteiger partial charge on any atom is 0.163 e. The Balaban J connectivity index is 1.87. The van der Waals surface area contributed by atoms with E-state index >= 15 is 0 Å². The van der Waals surface area contributed by atoms with Crippen molar-refractivity contribution in [3.63, 3.8) is 0 Å². The molecule has 3 aromatic rings. The zero-order valence-corrected chi connectivity index (χ0v) is 21.0. The maximum atomic E-state index is 13.4. The molecule has 0 saturated heterocycles. The van der Waals surface area contributed by atoms with Gasteiger partial charge in [0, 0.05) is 23.1 Å². The second kappa shape index (κ2) is 11.2. The fourth-order valence-corrected chi connectivity index (χ4v) is 3.69. The number of carbonyl (C=O) groups is 1. The highest BCUT2D eigenvalue weighted by atomic mass is 19.1. The first kappa shape index (κ1) is 27.3. The van der Waals surface area contributed by atoms with E-state index in [2.05, 4.69) is 4.98 Å². The normalized spacial score (nSPS) is 13.2. The molecule has 7 nitrogen and oxygen atoms in total. The molecule has 3 rings (SSSR count). The Morgan fingerprint density at radius 1 is 1.06 bits per heavy atom. The number of aromatic nitrogens is 1. The molecule has 0 amide bonds. The molecule has 1 aromatic heterocycles.